The highest BCUT2D eigenvalue weighted by Gasteiger charge is 2.20. The molecule has 0 aliphatic carbocycles. The Morgan fingerprint density at radius 2 is 1.80 bits per heavy atom. The molecule has 108 valence electrons. The molecule has 1 heterocycles. The molecule has 6 heteroatoms. The molecule has 0 aliphatic rings. The third kappa shape index (κ3) is 3.19. The van der Waals surface area contributed by atoms with Crippen LogP contribution in [0.5, 0.6) is 11.5 Å². The summed E-state index contributed by atoms with van der Waals surface area (Å²) in [4.78, 5) is 0. The molecule has 0 spiro atoms. The minimum absolute atomic E-state index is 0.0505. The zero-order valence-corrected chi connectivity index (χ0v) is 15.4. The highest BCUT2D eigenvalue weighted by atomic mass is 79.9. The van der Waals surface area contributed by atoms with E-state index >= 15 is 0 Å². The molecule has 2 aromatic rings. The van der Waals surface area contributed by atoms with Gasteiger partial charge in [-0.2, -0.15) is 0 Å². The molecule has 0 aliphatic heterocycles. The summed E-state index contributed by atoms with van der Waals surface area (Å²) in [6.07, 6.45) is 0. The standard InChI is InChI=1S/C14H15Br2NO2S/c1-17-14(8-4-13(16)20-7-8)9-5-12(19-3)10(15)6-11(9)18-2/h4-7,14,17H,1-3H3. The van der Waals surface area contributed by atoms with Crippen molar-refractivity contribution in [1.82, 2.24) is 5.32 Å². The minimum Gasteiger partial charge on any atom is -0.496 e. The number of nitrogens with one attached hydrogen (secondary N) is 1. The maximum atomic E-state index is 5.50. The summed E-state index contributed by atoms with van der Waals surface area (Å²) in [5.74, 6) is 1.61. The fourth-order valence-electron chi connectivity index (χ4n) is 2.09. The molecule has 1 N–H and O–H groups in total. The van der Waals surface area contributed by atoms with Crippen molar-refractivity contribution in [1.29, 1.82) is 0 Å². The largest absolute Gasteiger partial charge is 0.496 e. The fraction of sp³-hybridized carbons (Fsp3) is 0.286. The minimum atomic E-state index is 0.0505. The van der Waals surface area contributed by atoms with Gasteiger partial charge in [-0.1, -0.05) is 0 Å². The normalized spacial score (nSPS) is 12.2. The van der Waals surface area contributed by atoms with Gasteiger partial charge in [-0.15, -0.1) is 11.3 Å². The van der Waals surface area contributed by atoms with Crippen LogP contribution in [0.4, 0.5) is 0 Å². The molecule has 0 radical (unpaired) electrons. The second-order valence-corrected chi connectivity index (χ2v) is 7.28. The van der Waals surface area contributed by atoms with Gasteiger partial charge >= 0.3 is 0 Å². The summed E-state index contributed by atoms with van der Waals surface area (Å²) in [5.41, 5.74) is 2.23. The monoisotopic (exact) mass is 419 g/mol. The van der Waals surface area contributed by atoms with Crippen LogP contribution in [0.15, 0.2) is 31.8 Å². The van der Waals surface area contributed by atoms with E-state index in [9.17, 15) is 0 Å². The predicted molar refractivity (Wildman–Crippen MR) is 90.2 cm³/mol. The van der Waals surface area contributed by atoms with E-state index in [1.54, 1.807) is 25.6 Å². The Morgan fingerprint density at radius 1 is 1.10 bits per heavy atom. The lowest BCUT2D eigenvalue weighted by Crippen LogP contribution is -2.18. The van der Waals surface area contributed by atoms with Crippen LogP contribution in [0.3, 0.4) is 0 Å². The van der Waals surface area contributed by atoms with Crippen molar-refractivity contribution in [3.63, 3.8) is 0 Å². The van der Waals surface area contributed by atoms with Gasteiger partial charge in [-0.05, 0) is 68.1 Å². The van der Waals surface area contributed by atoms with Gasteiger partial charge in [-0.3, -0.25) is 0 Å². The van der Waals surface area contributed by atoms with E-state index in [1.807, 2.05) is 19.2 Å². The molecule has 3 nitrogen and oxygen atoms in total. The van der Waals surface area contributed by atoms with Gasteiger partial charge in [0.1, 0.15) is 11.5 Å². The van der Waals surface area contributed by atoms with Crippen molar-refractivity contribution in [2.75, 3.05) is 21.3 Å². The van der Waals surface area contributed by atoms with Crippen LogP contribution in [-0.2, 0) is 0 Å². The lowest BCUT2D eigenvalue weighted by Gasteiger charge is -2.20. The number of hydrogen-bond donors (Lipinski definition) is 1. The molecule has 1 aromatic carbocycles. The van der Waals surface area contributed by atoms with Crippen LogP contribution >= 0.6 is 43.2 Å². The molecule has 1 unspecified atom stereocenters. The number of thiophene rings is 1. The Kier molecular flexibility index (Phi) is 5.49. The van der Waals surface area contributed by atoms with Crippen LogP contribution in [-0.4, -0.2) is 21.3 Å². The third-order valence-corrected chi connectivity index (χ3v) is 5.17. The zero-order valence-electron chi connectivity index (χ0n) is 11.4. The zero-order chi connectivity index (χ0) is 14.7. The number of benzene rings is 1. The fourth-order valence-corrected chi connectivity index (χ4v) is 3.77. The lowest BCUT2D eigenvalue weighted by atomic mass is 10.00. The first-order chi connectivity index (χ1) is 9.60. The molecule has 1 aromatic heterocycles. The quantitative estimate of drug-likeness (QED) is 0.766. The number of hydrogen-bond acceptors (Lipinski definition) is 4. The van der Waals surface area contributed by atoms with Gasteiger partial charge in [-0.25, -0.2) is 0 Å². The molecule has 0 bridgehead atoms. The third-order valence-electron chi connectivity index (χ3n) is 3.02. The van der Waals surface area contributed by atoms with Crippen LogP contribution in [0, 0.1) is 0 Å². The summed E-state index contributed by atoms with van der Waals surface area (Å²) >= 11 is 8.65. The summed E-state index contributed by atoms with van der Waals surface area (Å²) < 4.78 is 12.9. The van der Waals surface area contributed by atoms with E-state index in [0.29, 0.717) is 0 Å². The Hall–Kier alpha value is -0.560. The molecule has 1 atom stereocenters. The summed E-state index contributed by atoms with van der Waals surface area (Å²) in [6.45, 7) is 0. The molecule has 0 saturated heterocycles. The Morgan fingerprint density at radius 3 is 2.30 bits per heavy atom. The molecule has 0 saturated carbocycles. The van der Waals surface area contributed by atoms with Crippen LogP contribution in [0.1, 0.15) is 17.2 Å². The van der Waals surface area contributed by atoms with Crippen molar-refractivity contribution in [3.8, 4) is 11.5 Å². The van der Waals surface area contributed by atoms with Crippen molar-refractivity contribution in [3.05, 3.63) is 43.0 Å². The SMILES string of the molecule is CNC(c1csc(Br)c1)c1cc(OC)c(Br)cc1OC. The van der Waals surface area contributed by atoms with Gasteiger partial charge < -0.3 is 14.8 Å². The number of halogens is 2. The van der Waals surface area contributed by atoms with E-state index in [1.165, 1.54) is 5.56 Å². The molecule has 20 heavy (non-hydrogen) atoms. The number of rotatable bonds is 5. The smallest absolute Gasteiger partial charge is 0.133 e. The Labute approximate surface area is 139 Å². The molecule has 0 fully saturated rings. The Balaban J connectivity index is 2.53. The van der Waals surface area contributed by atoms with Crippen molar-refractivity contribution < 1.29 is 9.47 Å². The average Bonchev–Trinajstić information content (AvgIpc) is 2.87. The second kappa shape index (κ2) is 6.93. The van der Waals surface area contributed by atoms with Crippen LogP contribution < -0.4 is 14.8 Å². The van der Waals surface area contributed by atoms with Crippen molar-refractivity contribution in [2.45, 2.75) is 6.04 Å². The van der Waals surface area contributed by atoms with Crippen molar-refractivity contribution in [2.24, 2.45) is 0 Å². The van der Waals surface area contributed by atoms with E-state index in [2.05, 4.69) is 48.6 Å². The maximum absolute atomic E-state index is 5.50. The van der Waals surface area contributed by atoms with Gasteiger partial charge in [0.15, 0.2) is 0 Å². The summed E-state index contributed by atoms with van der Waals surface area (Å²) in [5, 5.41) is 5.45. The van der Waals surface area contributed by atoms with Gasteiger partial charge in [0.25, 0.3) is 0 Å². The molecular formula is C14H15Br2NO2S. The predicted octanol–water partition coefficient (Wildman–Crippen LogP) is 4.60. The van der Waals surface area contributed by atoms with E-state index in [4.69, 9.17) is 9.47 Å². The summed E-state index contributed by atoms with van der Waals surface area (Å²) in [6, 6.07) is 6.09. The topological polar surface area (TPSA) is 30.5 Å². The molecule has 0 amide bonds. The highest BCUT2D eigenvalue weighted by molar-refractivity contribution is 9.11. The number of methoxy groups -OCH3 is 2. The first-order valence-corrected chi connectivity index (χ1v) is 8.39. The highest BCUT2D eigenvalue weighted by Crippen LogP contribution is 2.39. The van der Waals surface area contributed by atoms with Gasteiger partial charge in [0.05, 0.1) is 28.5 Å². The molecular weight excluding hydrogens is 406 g/mol. The van der Waals surface area contributed by atoms with E-state index in [-0.39, 0.29) is 6.04 Å². The first-order valence-electron chi connectivity index (χ1n) is 5.93. The van der Waals surface area contributed by atoms with E-state index in [0.717, 1.165) is 25.3 Å². The van der Waals surface area contributed by atoms with Gasteiger partial charge in [0, 0.05) is 5.56 Å². The van der Waals surface area contributed by atoms with Gasteiger partial charge in [0.2, 0.25) is 0 Å². The maximum Gasteiger partial charge on any atom is 0.133 e. The summed E-state index contributed by atoms with van der Waals surface area (Å²) in [7, 11) is 5.27. The number of ether oxygens (including phenoxy) is 2. The van der Waals surface area contributed by atoms with Crippen molar-refractivity contribution >= 4 is 43.2 Å². The van der Waals surface area contributed by atoms with Crippen LogP contribution in [0.25, 0.3) is 0 Å². The lowest BCUT2D eigenvalue weighted by molar-refractivity contribution is 0.393. The second-order valence-electron chi connectivity index (χ2n) is 4.13. The van der Waals surface area contributed by atoms with Crippen LogP contribution in [0.2, 0.25) is 0 Å². The first kappa shape index (κ1) is 15.8. The van der Waals surface area contributed by atoms with E-state index < -0.39 is 0 Å². The average molecular weight is 421 g/mol. The molecule has 2 rings (SSSR count). The Bertz CT molecular complexity index is 601.